The van der Waals surface area contributed by atoms with Crippen LogP contribution < -0.4 is 5.32 Å². The van der Waals surface area contributed by atoms with Crippen molar-refractivity contribution in [3.8, 4) is 0 Å². The maximum absolute atomic E-state index is 13.4. The van der Waals surface area contributed by atoms with Gasteiger partial charge in [-0.1, -0.05) is 0 Å². The smallest absolute Gasteiger partial charge is 0.228 e. The molecule has 2 aliphatic heterocycles. The molecule has 4 saturated carbocycles. The number of rotatable bonds is 2. The molecule has 1 unspecified atom stereocenters. The molecule has 3 nitrogen and oxygen atoms in total. The van der Waals surface area contributed by atoms with Crippen LogP contribution in [-0.4, -0.2) is 36.5 Å². The van der Waals surface area contributed by atoms with Crippen molar-refractivity contribution < 1.29 is 4.79 Å². The van der Waals surface area contributed by atoms with Crippen molar-refractivity contribution in [3.05, 3.63) is 0 Å². The third kappa shape index (κ3) is 2.45. The van der Waals surface area contributed by atoms with Crippen molar-refractivity contribution in [1.29, 1.82) is 0 Å². The van der Waals surface area contributed by atoms with Gasteiger partial charge in [0.15, 0.2) is 0 Å². The number of carbonyl (C=O) groups excluding carboxylic acids is 1. The van der Waals surface area contributed by atoms with Gasteiger partial charge in [0.1, 0.15) is 0 Å². The van der Waals surface area contributed by atoms with E-state index in [0.29, 0.717) is 5.91 Å². The zero-order valence-electron chi connectivity index (χ0n) is 14.4. The highest BCUT2D eigenvalue weighted by Crippen LogP contribution is 2.60. The number of likely N-dealkylation sites (tertiary alicyclic amines) is 1. The van der Waals surface area contributed by atoms with E-state index in [4.69, 9.17) is 0 Å². The standard InChI is InChI=1S/C20H32N2O/c23-19(20-11-14-8-15(12-20)10-16(9-14)13-20)22-6-3-17(4-7-22)18-2-1-5-21-18/h14-18,21H,1-13H2. The average molecular weight is 316 g/mol. The fourth-order valence-corrected chi connectivity index (χ4v) is 7.33. The molecule has 2 heterocycles. The molecule has 23 heavy (non-hydrogen) atoms. The number of hydrogen-bond acceptors (Lipinski definition) is 2. The Kier molecular flexibility index (Phi) is 3.51. The van der Waals surface area contributed by atoms with E-state index in [9.17, 15) is 4.79 Å². The van der Waals surface area contributed by atoms with Gasteiger partial charge in [-0.05, 0) is 94.4 Å². The van der Waals surface area contributed by atoms with Crippen LogP contribution in [0.25, 0.3) is 0 Å². The molecule has 0 aromatic carbocycles. The lowest BCUT2D eigenvalue weighted by Crippen LogP contribution is -2.56. The maximum atomic E-state index is 13.4. The third-order valence-corrected chi connectivity index (χ3v) is 7.99. The molecule has 2 saturated heterocycles. The van der Waals surface area contributed by atoms with Crippen molar-refractivity contribution in [2.45, 2.75) is 70.3 Å². The lowest BCUT2D eigenvalue weighted by Gasteiger charge is -2.57. The molecule has 4 bridgehead atoms. The molecule has 0 aromatic heterocycles. The van der Waals surface area contributed by atoms with Gasteiger partial charge < -0.3 is 10.2 Å². The zero-order valence-corrected chi connectivity index (χ0v) is 14.4. The van der Waals surface area contributed by atoms with Gasteiger partial charge in [-0.25, -0.2) is 0 Å². The number of nitrogens with zero attached hydrogens (tertiary/aromatic N) is 1. The molecular formula is C20H32N2O. The van der Waals surface area contributed by atoms with Crippen molar-refractivity contribution >= 4 is 5.91 Å². The summed E-state index contributed by atoms with van der Waals surface area (Å²) in [6.07, 6.45) is 13.1. The predicted octanol–water partition coefficient (Wildman–Crippen LogP) is 3.19. The summed E-state index contributed by atoms with van der Waals surface area (Å²) in [5, 5.41) is 3.68. The molecule has 6 fully saturated rings. The Hall–Kier alpha value is -0.570. The van der Waals surface area contributed by atoms with E-state index in [2.05, 4.69) is 10.2 Å². The number of piperidine rings is 1. The molecule has 1 atom stereocenters. The lowest BCUT2D eigenvalue weighted by molar-refractivity contribution is -0.159. The summed E-state index contributed by atoms with van der Waals surface area (Å²) in [6.45, 7) is 3.27. The molecule has 0 spiro atoms. The minimum atomic E-state index is 0.0766. The Morgan fingerprint density at radius 2 is 1.52 bits per heavy atom. The number of carbonyl (C=O) groups is 1. The van der Waals surface area contributed by atoms with Crippen LogP contribution in [0.1, 0.15) is 64.2 Å². The summed E-state index contributed by atoms with van der Waals surface area (Å²) in [6, 6.07) is 0.742. The monoisotopic (exact) mass is 316 g/mol. The van der Waals surface area contributed by atoms with E-state index in [1.54, 1.807) is 0 Å². The molecule has 6 aliphatic rings. The number of amides is 1. The van der Waals surface area contributed by atoms with Crippen LogP contribution in [0.5, 0.6) is 0 Å². The number of hydrogen-bond donors (Lipinski definition) is 1. The first-order valence-electron chi connectivity index (χ1n) is 10.2. The molecule has 0 radical (unpaired) electrons. The van der Waals surface area contributed by atoms with E-state index >= 15 is 0 Å². The Morgan fingerprint density at radius 3 is 2.04 bits per heavy atom. The van der Waals surface area contributed by atoms with Crippen molar-refractivity contribution in [3.63, 3.8) is 0 Å². The predicted molar refractivity (Wildman–Crippen MR) is 90.9 cm³/mol. The van der Waals surface area contributed by atoms with Crippen LogP contribution >= 0.6 is 0 Å². The SMILES string of the molecule is O=C(N1CCC(C2CCCN2)CC1)C12CC3CC(CC(C3)C1)C2. The summed E-state index contributed by atoms with van der Waals surface area (Å²) in [5.74, 6) is 4.02. The van der Waals surface area contributed by atoms with Gasteiger partial charge in [-0.15, -0.1) is 0 Å². The van der Waals surface area contributed by atoms with Crippen LogP contribution in [0.15, 0.2) is 0 Å². The second-order valence-corrected chi connectivity index (χ2v) is 9.53. The highest BCUT2D eigenvalue weighted by Gasteiger charge is 2.55. The van der Waals surface area contributed by atoms with E-state index < -0.39 is 0 Å². The first-order chi connectivity index (χ1) is 11.2. The van der Waals surface area contributed by atoms with Gasteiger partial charge in [0.2, 0.25) is 5.91 Å². The second-order valence-electron chi connectivity index (χ2n) is 9.53. The van der Waals surface area contributed by atoms with E-state index in [1.807, 2.05) is 0 Å². The second kappa shape index (κ2) is 5.47. The zero-order chi connectivity index (χ0) is 15.4. The number of nitrogens with one attached hydrogen (secondary N) is 1. The van der Waals surface area contributed by atoms with Crippen molar-refractivity contribution in [2.75, 3.05) is 19.6 Å². The molecule has 1 N–H and O–H groups in total. The fraction of sp³-hybridized carbons (Fsp3) is 0.950. The highest BCUT2D eigenvalue weighted by atomic mass is 16.2. The summed E-state index contributed by atoms with van der Waals surface area (Å²) < 4.78 is 0. The Balaban J connectivity index is 1.25. The topological polar surface area (TPSA) is 32.3 Å². The van der Waals surface area contributed by atoms with Gasteiger partial charge in [-0.2, -0.15) is 0 Å². The third-order valence-electron chi connectivity index (χ3n) is 7.99. The van der Waals surface area contributed by atoms with E-state index in [0.717, 1.165) is 42.8 Å². The average Bonchev–Trinajstić information content (AvgIpc) is 3.07. The van der Waals surface area contributed by atoms with Crippen LogP contribution in [0, 0.1) is 29.1 Å². The van der Waals surface area contributed by atoms with Gasteiger partial charge in [0.25, 0.3) is 0 Å². The molecule has 3 heteroatoms. The lowest BCUT2D eigenvalue weighted by atomic mass is 9.49. The summed E-state index contributed by atoms with van der Waals surface area (Å²) >= 11 is 0. The van der Waals surface area contributed by atoms with Crippen LogP contribution in [0.4, 0.5) is 0 Å². The van der Waals surface area contributed by atoms with Crippen LogP contribution in [-0.2, 0) is 4.79 Å². The highest BCUT2D eigenvalue weighted by molar-refractivity contribution is 5.83. The van der Waals surface area contributed by atoms with Gasteiger partial charge in [0, 0.05) is 19.1 Å². The molecular weight excluding hydrogens is 284 g/mol. The first-order valence-corrected chi connectivity index (χ1v) is 10.2. The Morgan fingerprint density at radius 1 is 0.913 bits per heavy atom. The molecule has 6 rings (SSSR count). The molecule has 4 aliphatic carbocycles. The van der Waals surface area contributed by atoms with Crippen molar-refractivity contribution in [1.82, 2.24) is 10.2 Å². The minimum absolute atomic E-state index is 0.0766. The molecule has 1 amide bonds. The van der Waals surface area contributed by atoms with Gasteiger partial charge in [0.05, 0.1) is 5.41 Å². The molecule has 128 valence electrons. The van der Waals surface area contributed by atoms with E-state index in [1.165, 1.54) is 70.8 Å². The minimum Gasteiger partial charge on any atom is -0.342 e. The van der Waals surface area contributed by atoms with Gasteiger partial charge >= 0.3 is 0 Å². The Labute approximate surface area is 140 Å². The van der Waals surface area contributed by atoms with Gasteiger partial charge in [-0.3, -0.25) is 4.79 Å². The first kappa shape index (κ1) is 14.7. The summed E-state index contributed by atoms with van der Waals surface area (Å²) in [4.78, 5) is 15.7. The van der Waals surface area contributed by atoms with Crippen LogP contribution in [0.3, 0.4) is 0 Å². The quantitative estimate of drug-likeness (QED) is 0.848. The summed E-state index contributed by atoms with van der Waals surface area (Å²) in [7, 11) is 0. The van der Waals surface area contributed by atoms with E-state index in [-0.39, 0.29) is 5.41 Å². The summed E-state index contributed by atoms with van der Waals surface area (Å²) in [5.41, 5.74) is 0.0766. The van der Waals surface area contributed by atoms with Crippen molar-refractivity contribution in [2.24, 2.45) is 29.1 Å². The van der Waals surface area contributed by atoms with Crippen LogP contribution in [0.2, 0.25) is 0 Å². The maximum Gasteiger partial charge on any atom is 0.228 e. The fourth-order valence-electron chi connectivity index (χ4n) is 7.33. The molecule has 0 aromatic rings. The normalized spacial score (nSPS) is 46.5. The largest absolute Gasteiger partial charge is 0.342 e. The Bertz CT molecular complexity index is 439.